The summed E-state index contributed by atoms with van der Waals surface area (Å²) in [6.45, 7) is 0. The summed E-state index contributed by atoms with van der Waals surface area (Å²) in [4.78, 5) is 12.0. The minimum absolute atomic E-state index is 0.0261. The molecule has 2 aromatic rings. The highest BCUT2D eigenvalue weighted by Gasteiger charge is 2.08. The summed E-state index contributed by atoms with van der Waals surface area (Å²) >= 11 is 5.65. The lowest BCUT2D eigenvalue weighted by Crippen LogP contribution is -2.12. The van der Waals surface area contributed by atoms with E-state index in [2.05, 4.69) is 10.6 Å². The van der Waals surface area contributed by atoms with Gasteiger partial charge < -0.3 is 10.6 Å². The van der Waals surface area contributed by atoms with Crippen molar-refractivity contribution in [2.24, 2.45) is 0 Å². The zero-order chi connectivity index (χ0) is 13.8. The molecule has 0 saturated carbocycles. The molecule has 2 rings (SSSR count). The van der Waals surface area contributed by atoms with Crippen LogP contribution >= 0.6 is 11.6 Å². The van der Waals surface area contributed by atoms with Gasteiger partial charge in [-0.3, -0.25) is 4.79 Å². The van der Waals surface area contributed by atoms with Crippen molar-refractivity contribution in [1.29, 1.82) is 0 Å². The minimum atomic E-state index is -0.517. The maximum absolute atomic E-state index is 13.0. The van der Waals surface area contributed by atoms with E-state index in [9.17, 15) is 9.18 Å². The summed E-state index contributed by atoms with van der Waals surface area (Å²) in [6.07, 6.45) is 0. The van der Waals surface area contributed by atoms with E-state index >= 15 is 0 Å². The molecule has 98 valence electrons. The van der Waals surface area contributed by atoms with Gasteiger partial charge in [0.1, 0.15) is 5.82 Å². The molecular weight excluding hydrogens is 267 g/mol. The van der Waals surface area contributed by atoms with Gasteiger partial charge in [0.15, 0.2) is 0 Å². The highest BCUT2D eigenvalue weighted by Crippen LogP contribution is 2.20. The second-order valence-corrected chi connectivity index (χ2v) is 4.32. The molecule has 0 aliphatic rings. The Morgan fingerprint density at radius 2 is 1.95 bits per heavy atom. The van der Waals surface area contributed by atoms with Crippen LogP contribution < -0.4 is 10.6 Å². The quantitative estimate of drug-likeness (QED) is 0.897. The molecule has 0 aliphatic heterocycles. The van der Waals surface area contributed by atoms with E-state index in [1.165, 1.54) is 18.2 Å². The highest BCUT2D eigenvalue weighted by molar-refractivity contribution is 6.31. The van der Waals surface area contributed by atoms with Gasteiger partial charge in [-0.05, 0) is 36.4 Å². The van der Waals surface area contributed by atoms with Crippen molar-refractivity contribution in [3.63, 3.8) is 0 Å². The maximum atomic E-state index is 13.0. The van der Waals surface area contributed by atoms with Gasteiger partial charge in [0.05, 0.1) is 5.02 Å². The third-order valence-electron chi connectivity index (χ3n) is 2.59. The standard InChI is InChI=1S/C14H12ClFN2O/c1-17-10-4-2-3-9(7-10)14(19)18-11-5-6-13(16)12(15)8-11/h2-8,17H,1H3,(H,18,19). The van der Waals surface area contributed by atoms with Crippen LogP contribution in [-0.4, -0.2) is 13.0 Å². The van der Waals surface area contributed by atoms with Gasteiger partial charge in [0.2, 0.25) is 0 Å². The average Bonchev–Trinajstić information content (AvgIpc) is 2.43. The van der Waals surface area contributed by atoms with Crippen molar-refractivity contribution in [3.8, 4) is 0 Å². The Bertz CT molecular complexity index is 616. The summed E-state index contributed by atoms with van der Waals surface area (Å²) in [5, 5.41) is 5.59. The largest absolute Gasteiger partial charge is 0.388 e. The number of hydrogen-bond donors (Lipinski definition) is 2. The van der Waals surface area contributed by atoms with Gasteiger partial charge >= 0.3 is 0 Å². The molecule has 2 aromatic carbocycles. The molecule has 0 fully saturated rings. The number of anilines is 2. The number of amides is 1. The average molecular weight is 279 g/mol. The van der Waals surface area contributed by atoms with E-state index in [-0.39, 0.29) is 10.9 Å². The zero-order valence-electron chi connectivity index (χ0n) is 10.2. The maximum Gasteiger partial charge on any atom is 0.255 e. The second kappa shape index (κ2) is 5.71. The summed E-state index contributed by atoms with van der Waals surface area (Å²) < 4.78 is 13.0. The Labute approximate surface area is 115 Å². The molecule has 2 N–H and O–H groups in total. The molecule has 1 amide bonds. The van der Waals surface area contributed by atoms with Crippen molar-refractivity contribution in [1.82, 2.24) is 0 Å². The van der Waals surface area contributed by atoms with Crippen LogP contribution in [0.15, 0.2) is 42.5 Å². The lowest BCUT2D eigenvalue weighted by Gasteiger charge is -2.07. The van der Waals surface area contributed by atoms with Crippen molar-refractivity contribution < 1.29 is 9.18 Å². The Balaban J connectivity index is 2.18. The number of rotatable bonds is 3. The monoisotopic (exact) mass is 278 g/mol. The fraction of sp³-hybridized carbons (Fsp3) is 0.0714. The molecule has 0 aliphatic carbocycles. The molecule has 0 heterocycles. The first-order chi connectivity index (χ1) is 9.10. The Kier molecular flexibility index (Phi) is 4.02. The number of carbonyl (C=O) groups is 1. The van der Waals surface area contributed by atoms with Crippen LogP contribution in [-0.2, 0) is 0 Å². The fourth-order valence-corrected chi connectivity index (χ4v) is 1.77. The van der Waals surface area contributed by atoms with E-state index < -0.39 is 5.82 Å². The third kappa shape index (κ3) is 3.23. The molecule has 0 saturated heterocycles. The Morgan fingerprint density at radius 3 is 2.63 bits per heavy atom. The predicted molar refractivity (Wildman–Crippen MR) is 75.4 cm³/mol. The van der Waals surface area contributed by atoms with Gasteiger partial charge in [-0.25, -0.2) is 4.39 Å². The fourth-order valence-electron chi connectivity index (χ4n) is 1.59. The molecule has 0 radical (unpaired) electrons. The topological polar surface area (TPSA) is 41.1 Å². The van der Waals surface area contributed by atoms with Crippen LogP contribution in [0.1, 0.15) is 10.4 Å². The van der Waals surface area contributed by atoms with Gasteiger partial charge in [0.25, 0.3) is 5.91 Å². The number of hydrogen-bond acceptors (Lipinski definition) is 2. The molecule has 0 bridgehead atoms. The molecule has 3 nitrogen and oxygen atoms in total. The van der Waals surface area contributed by atoms with E-state index in [1.54, 1.807) is 25.2 Å². The first-order valence-corrected chi connectivity index (χ1v) is 6.02. The normalized spacial score (nSPS) is 10.1. The molecule has 0 spiro atoms. The number of carbonyl (C=O) groups excluding carboxylic acids is 1. The van der Waals surface area contributed by atoms with E-state index in [0.29, 0.717) is 11.3 Å². The lowest BCUT2D eigenvalue weighted by molar-refractivity contribution is 0.102. The van der Waals surface area contributed by atoms with E-state index in [4.69, 9.17) is 11.6 Å². The van der Waals surface area contributed by atoms with E-state index in [0.717, 1.165) is 5.69 Å². The first-order valence-electron chi connectivity index (χ1n) is 5.64. The molecular formula is C14H12ClFN2O. The third-order valence-corrected chi connectivity index (χ3v) is 2.88. The van der Waals surface area contributed by atoms with Crippen molar-refractivity contribution in [2.45, 2.75) is 0 Å². The van der Waals surface area contributed by atoms with Crippen LogP contribution in [0.3, 0.4) is 0 Å². The van der Waals surface area contributed by atoms with Gasteiger partial charge in [-0.15, -0.1) is 0 Å². The van der Waals surface area contributed by atoms with Crippen LogP contribution in [0, 0.1) is 5.82 Å². The number of nitrogens with one attached hydrogen (secondary N) is 2. The first kappa shape index (κ1) is 13.4. The van der Waals surface area contributed by atoms with Crippen LogP contribution in [0.5, 0.6) is 0 Å². The minimum Gasteiger partial charge on any atom is -0.388 e. The summed E-state index contributed by atoms with van der Waals surface area (Å²) in [6, 6.07) is 11.1. The molecule has 0 aromatic heterocycles. The van der Waals surface area contributed by atoms with Crippen LogP contribution in [0.4, 0.5) is 15.8 Å². The SMILES string of the molecule is CNc1cccc(C(=O)Nc2ccc(F)c(Cl)c2)c1. The van der Waals surface area contributed by atoms with Crippen molar-refractivity contribution >= 4 is 28.9 Å². The molecule has 0 unspecified atom stereocenters. The summed E-state index contributed by atoms with van der Waals surface area (Å²) in [5.41, 5.74) is 1.79. The molecule has 5 heteroatoms. The summed E-state index contributed by atoms with van der Waals surface area (Å²) in [7, 11) is 1.77. The van der Waals surface area contributed by atoms with E-state index in [1.807, 2.05) is 6.07 Å². The zero-order valence-corrected chi connectivity index (χ0v) is 11.0. The Hall–Kier alpha value is -2.07. The van der Waals surface area contributed by atoms with Crippen molar-refractivity contribution in [2.75, 3.05) is 17.7 Å². The lowest BCUT2D eigenvalue weighted by atomic mass is 10.2. The predicted octanol–water partition coefficient (Wildman–Crippen LogP) is 3.77. The van der Waals surface area contributed by atoms with Gasteiger partial charge in [-0.2, -0.15) is 0 Å². The number of benzene rings is 2. The second-order valence-electron chi connectivity index (χ2n) is 3.91. The van der Waals surface area contributed by atoms with Crippen LogP contribution in [0.2, 0.25) is 5.02 Å². The smallest absolute Gasteiger partial charge is 0.255 e. The Morgan fingerprint density at radius 1 is 1.16 bits per heavy atom. The number of halogens is 2. The van der Waals surface area contributed by atoms with Gasteiger partial charge in [-0.1, -0.05) is 17.7 Å². The molecule has 19 heavy (non-hydrogen) atoms. The highest BCUT2D eigenvalue weighted by atomic mass is 35.5. The summed E-state index contributed by atoms with van der Waals surface area (Å²) in [5.74, 6) is -0.795. The van der Waals surface area contributed by atoms with Crippen molar-refractivity contribution in [3.05, 3.63) is 58.9 Å². The molecule has 0 atom stereocenters. The van der Waals surface area contributed by atoms with Gasteiger partial charge in [0, 0.05) is 24.0 Å². The van der Waals surface area contributed by atoms with Crippen LogP contribution in [0.25, 0.3) is 0 Å².